The van der Waals surface area contributed by atoms with Crippen LogP contribution in [0.3, 0.4) is 0 Å². The van der Waals surface area contributed by atoms with Gasteiger partial charge in [-0.2, -0.15) is 0 Å². The maximum Gasteiger partial charge on any atom is 0.195 e. The van der Waals surface area contributed by atoms with Crippen molar-refractivity contribution in [3.05, 3.63) is 24.3 Å². The molecule has 1 aromatic rings. The molecule has 2 N–H and O–H groups in total. The Morgan fingerprint density at radius 2 is 1.81 bits per heavy atom. The lowest BCUT2D eigenvalue weighted by atomic mass is 10.2. The van der Waals surface area contributed by atoms with E-state index in [4.69, 9.17) is 14.5 Å². The fraction of sp³-hybridized carbons (Fsp3) is 0.696. The van der Waals surface area contributed by atoms with Crippen LogP contribution in [0.2, 0.25) is 0 Å². The number of methoxy groups -OCH3 is 1. The topological polar surface area (TPSA) is 61.4 Å². The number of anilines is 1. The molecule has 1 heterocycles. The number of nitrogens with zero attached hydrogens (tertiary/aromatic N) is 3. The van der Waals surface area contributed by atoms with Crippen LogP contribution in [0.15, 0.2) is 29.3 Å². The van der Waals surface area contributed by atoms with Gasteiger partial charge in [-0.1, -0.05) is 13.0 Å². The molecule has 1 aromatic carbocycles. The molecule has 0 amide bonds. The molecule has 0 spiro atoms. The van der Waals surface area contributed by atoms with Gasteiger partial charge in [-0.05, 0) is 45.0 Å². The molecule has 0 bridgehead atoms. The van der Waals surface area contributed by atoms with E-state index < -0.39 is 0 Å². The van der Waals surface area contributed by atoms with E-state index in [0.717, 1.165) is 43.3 Å². The fourth-order valence-electron chi connectivity index (χ4n) is 3.47. The largest absolute Gasteiger partial charge is 0.493 e. The molecular formula is C23H42IN5O2. The summed E-state index contributed by atoms with van der Waals surface area (Å²) < 4.78 is 10.8. The lowest BCUT2D eigenvalue weighted by Gasteiger charge is -2.33. The minimum Gasteiger partial charge on any atom is -0.493 e. The minimum absolute atomic E-state index is 0. The zero-order valence-corrected chi connectivity index (χ0v) is 21.9. The predicted molar refractivity (Wildman–Crippen MR) is 141 cm³/mol. The first-order valence-corrected chi connectivity index (χ1v) is 11.5. The van der Waals surface area contributed by atoms with Crippen molar-refractivity contribution in [1.82, 2.24) is 15.1 Å². The zero-order chi connectivity index (χ0) is 21.4. The zero-order valence-electron chi connectivity index (χ0n) is 19.6. The first-order valence-electron chi connectivity index (χ1n) is 11.5. The average molecular weight is 548 g/mol. The number of rotatable bonds is 13. The van der Waals surface area contributed by atoms with Gasteiger partial charge < -0.3 is 29.9 Å². The summed E-state index contributed by atoms with van der Waals surface area (Å²) in [6.45, 7) is 14.5. The van der Waals surface area contributed by atoms with E-state index in [1.165, 1.54) is 45.7 Å². The van der Waals surface area contributed by atoms with E-state index in [1.54, 1.807) is 7.11 Å². The van der Waals surface area contributed by atoms with Crippen LogP contribution in [0.25, 0.3) is 0 Å². The normalized spacial score (nSPS) is 15.4. The van der Waals surface area contributed by atoms with Crippen LogP contribution < -0.4 is 15.4 Å². The van der Waals surface area contributed by atoms with Gasteiger partial charge in [-0.3, -0.25) is 4.99 Å². The molecule has 0 radical (unpaired) electrons. The van der Waals surface area contributed by atoms with Crippen molar-refractivity contribution < 1.29 is 9.47 Å². The average Bonchev–Trinajstić information content (AvgIpc) is 2.77. The molecule has 31 heavy (non-hydrogen) atoms. The number of benzene rings is 1. The molecule has 0 aromatic heterocycles. The second-order valence-corrected chi connectivity index (χ2v) is 7.59. The molecule has 1 saturated heterocycles. The molecule has 0 aliphatic carbocycles. The Hall–Kier alpha value is -1.10. The first kappa shape index (κ1) is 27.9. The molecule has 7 nitrogen and oxygen atoms in total. The number of guanidine groups is 1. The number of likely N-dealkylation sites (N-methyl/N-ethyl adjacent to an activating group) is 1. The van der Waals surface area contributed by atoms with Crippen LogP contribution >= 0.6 is 24.0 Å². The van der Waals surface area contributed by atoms with Gasteiger partial charge in [0.05, 0.1) is 6.61 Å². The summed E-state index contributed by atoms with van der Waals surface area (Å²) in [6, 6.07) is 8.01. The smallest absolute Gasteiger partial charge is 0.195 e. The third kappa shape index (κ3) is 11.9. The van der Waals surface area contributed by atoms with E-state index >= 15 is 0 Å². The fourth-order valence-corrected chi connectivity index (χ4v) is 3.47. The highest BCUT2D eigenvalue weighted by atomic mass is 127. The predicted octanol–water partition coefficient (Wildman–Crippen LogP) is 3.52. The lowest BCUT2D eigenvalue weighted by molar-refractivity contribution is 0.136. The summed E-state index contributed by atoms with van der Waals surface area (Å²) in [6.07, 6.45) is 3.18. The van der Waals surface area contributed by atoms with Crippen molar-refractivity contribution in [3.63, 3.8) is 0 Å². The van der Waals surface area contributed by atoms with Crippen LogP contribution in [0.5, 0.6) is 5.75 Å². The van der Waals surface area contributed by atoms with Crippen LogP contribution in [0.4, 0.5) is 5.69 Å². The second kappa shape index (κ2) is 17.5. The standard InChI is InChI=1S/C23H41N5O2.HI/c1-4-24-23(25-12-6-7-13-28-16-14-27(5-2)15-17-28)26-21-10-8-11-22(20-21)30-19-9-18-29-3;/h8,10-11,20H,4-7,9,12-19H2,1-3H3,(H2,24,25,26);1H. The summed E-state index contributed by atoms with van der Waals surface area (Å²) in [4.78, 5) is 9.85. The number of hydrogen-bond acceptors (Lipinski definition) is 5. The van der Waals surface area contributed by atoms with E-state index in [1.807, 2.05) is 24.3 Å². The number of halogens is 1. The van der Waals surface area contributed by atoms with E-state index in [9.17, 15) is 0 Å². The van der Waals surface area contributed by atoms with Gasteiger partial charge in [-0.25, -0.2) is 0 Å². The van der Waals surface area contributed by atoms with Crippen molar-refractivity contribution in [2.24, 2.45) is 4.99 Å². The molecule has 178 valence electrons. The maximum atomic E-state index is 5.79. The third-order valence-electron chi connectivity index (χ3n) is 5.27. The number of hydrogen-bond donors (Lipinski definition) is 2. The third-order valence-corrected chi connectivity index (χ3v) is 5.27. The minimum atomic E-state index is 0. The van der Waals surface area contributed by atoms with Crippen molar-refractivity contribution in [3.8, 4) is 5.75 Å². The van der Waals surface area contributed by atoms with Gasteiger partial charge in [0.1, 0.15) is 5.75 Å². The number of ether oxygens (including phenoxy) is 2. The molecule has 0 atom stereocenters. The molecule has 2 rings (SSSR count). The van der Waals surface area contributed by atoms with Crippen LogP contribution in [0.1, 0.15) is 33.1 Å². The Labute approximate surface area is 206 Å². The Bertz CT molecular complexity index is 609. The molecule has 1 aliphatic rings. The SMILES string of the molecule is CCNC(=NCCCCN1CCN(CC)CC1)Nc1cccc(OCCCOC)c1.I. The van der Waals surface area contributed by atoms with Gasteiger partial charge in [0, 0.05) is 71.2 Å². The van der Waals surface area contributed by atoms with Gasteiger partial charge in [0.25, 0.3) is 0 Å². The Morgan fingerprint density at radius 1 is 1.03 bits per heavy atom. The molecule has 1 fully saturated rings. The summed E-state index contributed by atoms with van der Waals surface area (Å²) >= 11 is 0. The monoisotopic (exact) mass is 547 g/mol. The van der Waals surface area contributed by atoms with Crippen LogP contribution in [0, 0.1) is 0 Å². The van der Waals surface area contributed by atoms with Crippen LogP contribution in [-0.4, -0.2) is 88.4 Å². The number of nitrogens with one attached hydrogen (secondary N) is 2. The summed E-state index contributed by atoms with van der Waals surface area (Å²) in [5.41, 5.74) is 0.979. The number of unbranched alkanes of at least 4 members (excludes halogenated alkanes) is 1. The van der Waals surface area contributed by atoms with Crippen molar-refractivity contribution >= 4 is 35.6 Å². The van der Waals surface area contributed by atoms with Crippen LogP contribution in [-0.2, 0) is 4.74 Å². The van der Waals surface area contributed by atoms with Gasteiger partial charge >= 0.3 is 0 Å². The summed E-state index contributed by atoms with van der Waals surface area (Å²) in [7, 11) is 1.71. The second-order valence-electron chi connectivity index (χ2n) is 7.59. The van der Waals surface area contributed by atoms with Crippen molar-refractivity contribution in [1.29, 1.82) is 0 Å². The van der Waals surface area contributed by atoms with E-state index in [-0.39, 0.29) is 24.0 Å². The van der Waals surface area contributed by atoms with Gasteiger partial charge in [0.15, 0.2) is 5.96 Å². The van der Waals surface area contributed by atoms with E-state index in [2.05, 4.69) is 34.3 Å². The lowest BCUT2D eigenvalue weighted by Crippen LogP contribution is -2.46. The highest BCUT2D eigenvalue weighted by Gasteiger charge is 2.14. The number of aliphatic imine (C=N–C) groups is 1. The molecule has 0 unspecified atom stereocenters. The quantitative estimate of drug-likeness (QED) is 0.171. The molecular weight excluding hydrogens is 505 g/mol. The molecule has 0 saturated carbocycles. The highest BCUT2D eigenvalue weighted by molar-refractivity contribution is 14.0. The Kier molecular flexibility index (Phi) is 15.7. The maximum absolute atomic E-state index is 5.79. The Morgan fingerprint density at radius 3 is 2.52 bits per heavy atom. The number of piperazine rings is 1. The molecule has 1 aliphatic heterocycles. The highest BCUT2D eigenvalue weighted by Crippen LogP contribution is 2.17. The Balaban J connectivity index is 0.00000480. The van der Waals surface area contributed by atoms with Gasteiger partial charge in [-0.15, -0.1) is 24.0 Å². The summed E-state index contributed by atoms with van der Waals surface area (Å²) in [5, 5.41) is 6.72. The van der Waals surface area contributed by atoms with E-state index in [0.29, 0.717) is 13.2 Å². The first-order chi connectivity index (χ1) is 14.7. The van der Waals surface area contributed by atoms with Crippen molar-refractivity contribution in [2.45, 2.75) is 33.1 Å². The van der Waals surface area contributed by atoms with Crippen molar-refractivity contribution in [2.75, 3.05) is 78.0 Å². The van der Waals surface area contributed by atoms with Gasteiger partial charge in [0.2, 0.25) is 0 Å². The summed E-state index contributed by atoms with van der Waals surface area (Å²) in [5.74, 6) is 1.68. The molecule has 8 heteroatoms.